The third-order valence-electron chi connectivity index (χ3n) is 3.89. The van der Waals surface area contributed by atoms with Gasteiger partial charge in [-0.05, 0) is 29.2 Å². The van der Waals surface area contributed by atoms with Gasteiger partial charge in [0.15, 0.2) is 0 Å². The molecule has 2 rings (SSSR count). The summed E-state index contributed by atoms with van der Waals surface area (Å²) in [6, 6.07) is 5.99. The smallest absolute Gasteiger partial charge is 0.321 e. The molecule has 0 radical (unpaired) electrons. The average molecular weight is 394 g/mol. The van der Waals surface area contributed by atoms with Crippen molar-refractivity contribution in [3.05, 3.63) is 51.8 Å². The Morgan fingerprint density at radius 3 is 2.35 bits per heavy atom. The highest BCUT2D eigenvalue weighted by atomic mass is 35.5. The lowest BCUT2D eigenvalue weighted by atomic mass is 9.67. The molecule has 26 heavy (non-hydrogen) atoms. The van der Waals surface area contributed by atoms with Gasteiger partial charge < -0.3 is 5.32 Å². The topological polar surface area (TPSA) is 130 Å². The molecule has 0 saturated carbocycles. The summed E-state index contributed by atoms with van der Waals surface area (Å²) in [6.45, 7) is 5.67. The number of aromatic nitrogens is 3. The molecule has 1 unspecified atom stereocenters. The van der Waals surface area contributed by atoms with Crippen LogP contribution < -0.4 is 16.6 Å². The fourth-order valence-electron chi connectivity index (χ4n) is 2.80. The van der Waals surface area contributed by atoms with E-state index in [-0.39, 0.29) is 16.1 Å². The Labute approximate surface area is 160 Å². The molecule has 0 aliphatic heterocycles. The van der Waals surface area contributed by atoms with Crippen LogP contribution in [0.2, 0.25) is 10.3 Å². The lowest BCUT2D eigenvalue weighted by Gasteiger charge is -2.45. The predicted octanol–water partition coefficient (Wildman–Crippen LogP) is 2.51. The average Bonchev–Trinajstić information content (AvgIpc) is 2.57. The number of nitrogens with one attached hydrogen (secondary N) is 2. The summed E-state index contributed by atoms with van der Waals surface area (Å²) in [5, 5.41) is 12.3. The van der Waals surface area contributed by atoms with Crippen LogP contribution in [-0.4, -0.2) is 21.0 Å². The third kappa shape index (κ3) is 3.70. The molecule has 0 aliphatic carbocycles. The number of rotatable bonds is 3. The van der Waals surface area contributed by atoms with Gasteiger partial charge in [0.25, 0.3) is 0 Å². The Morgan fingerprint density at radius 1 is 1.23 bits per heavy atom. The fraction of sp³-hybridized carbons (Fsp3) is 0.312. The van der Waals surface area contributed by atoms with Crippen molar-refractivity contribution < 1.29 is 4.79 Å². The maximum atomic E-state index is 12.2. The quantitative estimate of drug-likeness (QED) is 0.317. The second kappa shape index (κ2) is 7.41. The lowest BCUT2D eigenvalue weighted by Crippen LogP contribution is -2.59. The van der Waals surface area contributed by atoms with Crippen molar-refractivity contribution in [1.82, 2.24) is 25.7 Å². The minimum absolute atomic E-state index is 0.0441. The second-order valence-corrected chi connectivity index (χ2v) is 7.25. The maximum Gasteiger partial charge on any atom is 0.329 e. The van der Waals surface area contributed by atoms with E-state index in [2.05, 4.69) is 20.3 Å². The van der Waals surface area contributed by atoms with Gasteiger partial charge in [-0.25, -0.2) is 25.6 Å². The fourth-order valence-corrected chi connectivity index (χ4v) is 3.26. The number of carbonyl (C=O) groups is 1. The van der Waals surface area contributed by atoms with E-state index in [0.29, 0.717) is 11.3 Å². The summed E-state index contributed by atoms with van der Waals surface area (Å²) < 4.78 is 0. The number of pyridine rings is 1. The molecule has 8 nitrogen and oxygen atoms in total. The molecule has 10 heteroatoms. The van der Waals surface area contributed by atoms with Gasteiger partial charge in [0.05, 0.1) is 5.69 Å². The molecule has 2 heterocycles. The van der Waals surface area contributed by atoms with Crippen LogP contribution in [0.15, 0.2) is 24.4 Å². The minimum Gasteiger partial charge on any atom is -0.321 e. The maximum absolute atomic E-state index is 12.2. The molecule has 0 aliphatic rings. The van der Waals surface area contributed by atoms with Crippen molar-refractivity contribution in [2.75, 3.05) is 0 Å². The molecule has 0 saturated heterocycles. The zero-order chi connectivity index (χ0) is 19.5. The summed E-state index contributed by atoms with van der Waals surface area (Å²) in [5.74, 6) is 5.24. The molecule has 2 amide bonds. The molecule has 0 spiro atoms. The number of nitrogens with two attached hydrogens (primary N) is 1. The van der Waals surface area contributed by atoms with Crippen molar-refractivity contribution in [3.8, 4) is 6.07 Å². The van der Waals surface area contributed by atoms with Crippen molar-refractivity contribution in [1.29, 1.82) is 5.26 Å². The first kappa shape index (κ1) is 19.8. The Hall–Kier alpha value is -2.47. The van der Waals surface area contributed by atoms with E-state index >= 15 is 0 Å². The summed E-state index contributed by atoms with van der Waals surface area (Å²) in [4.78, 5) is 24.3. The molecule has 136 valence electrons. The SMILES string of the molecule is CC(C)(C)C(NC(=O)NN)(c1cc(Cl)nc(Cl)c1)c1ccnc(C#N)n1. The van der Waals surface area contributed by atoms with Gasteiger partial charge in [0, 0.05) is 6.20 Å². The Bertz CT molecular complexity index is 855. The van der Waals surface area contributed by atoms with Gasteiger partial charge >= 0.3 is 6.03 Å². The first-order valence-electron chi connectivity index (χ1n) is 7.50. The first-order chi connectivity index (χ1) is 12.1. The summed E-state index contributed by atoms with van der Waals surface area (Å²) in [7, 11) is 0. The molecule has 1 atom stereocenters. The molecular weight excluding hydrogens is 377 g/mol. The monoisotopic (exact) mass is 393 g/mol. The van der Waals surface area contributed by atoms with Crippen molar-refractivity contribution in [2.45, 2.75) is 26.3 Å². The largest absolute Gasteiger partial charge is 0.329 e. The van der Waals surface area contributed by atoms with Crippen LogP contribution in [0, 0.1) is 16.7 Å². The summed E-state index contributed by atoms with van der Waals surface area (Å²) >= 11 is 12.2. The molecule has 4 N–H and O–H groups in total. The van der Waals surface area contributed by atoms with Crippen LogP contribution in [0.4, 0.5) is 4.79 Å². The number of urea groups is 1. The zero-order valence-electron chi connectivity index (χ0n) is 14.3. The van der Waals surface area contributed by atoms with Crippen molar-refractivity contribution in [2.24, 2.45) is 11.3 Å². The highest BCUT2D eigenvalue weighted by Crippen LogP contribution is 2.45. The van der Waals surface area contributed by atoms with Crippen LogP contribution in [0.25, 0.3) is 0 Å². The predicted molar refractivity (Wildman–Crippen MR) is 97.1 cm³/mol. The number of carbonyl (C=O) groups excluding carboxylic acids is 1. The minimum atomic E-state index is -1.23. The first-order valence-corrected chi connectivity index (χ1v) is 8.25. The lowest BCUT2D eigenvalue weighted by molar-refractivity contribution is 0.169. The van der Waals surface area contributed by atoms with Crippen molar-refractivity contribution >= 4 is 29.2 Å². The highest BCUT2D eigenvalue weighted by molar-refractivity contribution is 6.32. The third-order valence-corrected chi connectivity index (χ3v) is 4.28. The van der Waals surface area contributed by atoms with Gasteiger partial charge in [0.2, 0.25) is 5.82 Å². The Kier molecular flexibility index (Phi) is 5.66. The summed E-state index contributed by atoms with van der Waals surface area (Å²) in [6.07, 6.45) is 1.44. The van der Waals surface area contributed by atoms with Crippen molar-refractivity contribution in [3.63, 3.8) is 0 Å². The van der Waals surface area contributed by atoms with Crippen LogP contribution in [0.1, 0.15) is 37.9 Å². The van der Waals surface area contributed by atoms with Crippen LogP contribution in [0.3, 0.4) is 0 Å². The Balaban J connectivity index is 2.89. The van der Waals surface area contributed by atoms with Gasteiger partial charge in [-0.15, -0.1) is 0 Å². The number of hydrogen-bond donors (Lipinski definition) is 3. The molecule has 0 bridgehead atoms. The van der Waals surface area contributed by atoms with E-state index in [1.165, 1.54) is 6.20 Å². The zero-order valence-corrected chi connectivity index (χ0v) is 15.9. The number of nitriles is 1. The number of hydrogen-bond acceptors (Lipinski definition) is 6. The Morgan fingerprint density at radius 2 is 1.85 bits per heavy atom. The van der Waals surface area contributed by atoms with Crippen LogP contribution in [-0.2, 0) is 5.54 Å². The van der Waals surface area contributed by atoms with Crippen LogP contribution in [0.5, 0.6) is 0 Å². The van der Waals surface area contributed by atoms with Gasteiger partial charge in [-0.3, -0.25) is 5.43 Å². The molecular formula is C16H17Cl2N7O. The number of amides is 2. The molecule has 0 fully saturated rings. The second-order valence-electron chi connectivity index (χ2n) is 6.48. The van der Waals surface area contributed by atoms with Gasteiger partial charge in [-0.2, -0.15) is 5.26 Å². The summed E-state index contributed by atoms with van der Waals surface area (Å²) in [5.41, 5.74) is 1.07. The van der Waals surface area contributed by atoms with E-state index in [0.717, 1.165) is 0 Å². The van der Waals surface area contributed by atoms with E-state index < -0.39 is 17.0 Å². The van der Waals surface area contributed by atoms with E-state index in [9.17, 15) is 10.1 Å². The van der Waals surface area contributed by atoms with Crippen LogP contribution >= 0.6 is 23.2 Å². The number of halogens is 2. The van der Waals surface area contributed by atoms with E-state index in [4.69, 9.17) is 29.0 Å². The van der Waals surface area contributed by atoms with E-state index in [1.807, 2.05) is 32.3 Å². The van der Waals surface area contributed by atoms with Gasteiger partial charge in [0.1, 0.15) is 21.9 Å². The standard InChI is InChI=1S/C16H17Cl2N7O/c1-15(2,3)16(24-14(26)25-20,9-6-11(17)23-12(18)7-9)10-4-5-21-13(8-19)22-10/h4-7H,20H2,1-3H3,(H2,24,25,26). The highest BCUT2D eigenvalue weighted by Gasteiger charge is 2.48. The number of nitrogens with zero attached hydrogens (tertiary/aromatic N) is 4. The molecule has 2 aromatic rings. The molecule has 0 aromatic carbocycles. The van der Waals surface area contributed by atoms with Gasteiger partial charge in [-0.1, -0.05) is 44.0 Å². The van der Waals surface area contributed by atoms with E-state index in [1.54, 1.807) is 18.2 Å². The number of hydrazine groups is 1. The normalized spacial score (nSPS) is 13.4. The molecule has 2 aromatic heterocycles.